The zero-order chi connectivity index (χ0) is 14.7. The molecule has 4 bridgehead atoms. The molecule has 0 saturated heterocycles. The first-order valence-electron chi connectivity index (χ1n) is 8.31. The molecular weight excluding hydrogens is 258 g/mol. The molecule has 5 rings (SSSR count). The van der Waals surface area contributed by atoms with Crippen LogP contribution in [0.4, 0.5) is 0 Å². The number of fused-ring (bicyclic) bond motifs is 1. The van der Waals surface area contributed by atoms with Crippen LogP contribution < -0.4 is 5.73 Å². The third-order valence-electron chi connectivity index (χ3n) is 6.70. The highest BCUT2D eigenvalue weighted by Gasteiger charge is 2.60. The summed E-state index contributed by atoms with van der Waals surface area (Å²) in [4.78, 5) is 12.3. The topological polar surface area (TPSA) is 43.1 Å². The molecule has 1 aromatic rings. The lowest BCUT2D eigenvalue weighted by atomic mass is 9.49. The lowest BCUT2D eigenvalue weighted by molar-refractivity contribution is -0.133. The predicted molar refractivity (Wildman–Crippen MR) is 85.8 cm³/mol. The predicted octanol–water partition coefficient (Wildman–Crippen LogP) is 4.04. The summed E-state index contributed by atoms with van der Waals surface area (Å²) < 4.78 is 0. The molecule has 2 nitrogen and oxygen atoms in total. The van der Waals surface area contributed by atoms with Crippen LogP contribution in [-0.2, 0) is 10.2 Å². The third-order valence-corrected chi connectivity index (χ3v) is 6.70. The van der Waals surface area contributed by atoms with Crippen LogP contribution in [0.25, 0.3) is 0 Å². The number of hydrogen-bond acceptors (Lipinski definition) is 1. The maximum Gasteiger partial charge on any atom is 0.223 e. The summed E-state index contributed by atoms with van der Waals surface area (Å²) in [5, 5.41) is 0. The van der Waals surface area contributed by atoms with Crippen molar-refractivity contribution >= 4 is 5.91 Å². The van der Waals surface area contributed by atoms with E-state index >= 15 is 0 Å². The SMILES string of the molecule is C[C@@]12CCC3(C(N)=O)CC(C1)C[C@](c1ccccc1)(C3)C2.[HH]. The minimum absolute atomic E-state index is 0. The van der Waals surface area contributed by atoms with Crippen molar-refractivity contribution in [3.8, 4) is 0 Å². The quantitative estimate of drug-likeness (QED) is 0.875. The van der Waals surface area contributed by atoms with E-state index in [-0.39, 0.29) is 18.2 Å². The average molecular weight is 285 g/mol. The molecule has 4 atom stereocenters. The molecule has 4 saturated carbocycles. The Morgan fingerprint density at radius 3 is 2.62 bits per heavy atom. The molecule has 2 unspecified atom stereocenters. The Morgan fingerprint density at radius 2 is 1.90 bits per heavy atom. The minimum Gasteiger partial charge on any atom is -0.369 e. The van der Waals surface area contributed by atoms with Gasteiger partial charge in [0.1, 0.15) is 0 Å². The van der Waals surface area contributed by atoms with E-state index in [0.29, 0.717) is 11.3 Å². The Morgan fingerprint density at radius 1 is 1.14 bits per heavy atom. The van der Waals surface area contributed by atoms with Crippen LogP contribution in [-0.4, -0.2) is 5.91 Å². The number of rotatable bonds is 2. The number of amides is 1. The van der Waals surface area contributed by atoms with Gasteiger partial charge in [0.25, 0.3) is 0 Å². The number of carbonyl (C=O) groups excluding carboxylic acids is 1. The van der Waals surface area contributed by atoms with Gasteiger partial charge in [-0.25, -0.2) is 0 Å². The van der Waals surface area contributed by atoms with Crippen molar-refractivity contribution in [2.75, 3.05) is 0 Å². The van der Waals surface area contributed by atoms with Gasteiger partial charge in [-0.15, -0.1) is 0 Å². The molecule has 1 aromatic carbocycles. The fourth-order valence-corrected chi connectivity index (χ4v) is 6.18. The van der Waals surface area contributed by atoms with E-state index in [1.54, 1.807) is 0 Å². The van der Waals surface area contributed by atoms with Crippen LogP contribution in [0.5, 0.6) is 0 Å². The summed E-state index contributed by atoms with van der Waals surface area (Å²) in [6.45, 7) is 2.44. The van der Waals surface area contributed by atoms with Crippen LogP contribution in [0.3, 0.4) is 0 Å². The minimum atomic E-state index is -0.243. The molecule has 2 N–H and O–H groups in total. The van der Waals surface area contributed by atoms with E-state index < -0.39 is 0 Å². The summed E-state index contributed by atoms with van der Waals surface area (Å²) in [7, 11) is 0. The average Bonchev–Trinajstić information content (AvgIpc) is 2.61. The zero-order valence-electron chi connectivity index (χ0n) is 12.9. The van der Waals surface area contributed by atoms with Crippen molar-refractivity contribution in [2.45, 2.75) is 57.3 Å². The van der Waals surface area contributed by atoms with Gasteiger partial charge in [-0.3, -0.25) is 4.79 Å². The van der Waals surface area contributed by atoms with Crippen molar-refractivity contribution in [1.82, 2.24) is 0 Å². The molecule has 0 aliphatic heterocycles. The van der Waals surface area contributed by atoms with E-state index in [4.69, 9.17) is 5.73 Å². The molecule has 21 heavy (non-hydrogen) atoms. The molecule has 4 aliphatic carbocycles. The molecule has 0 aromatic heterocycles. The Balaban J connectivity index is 0.00000144. The summed E-state index contributed by atoms with van der Waals surface area (Å²) in [6, 6.07) is 10.9. The van der Waals surface area contributed by atoms with Gasteiger partial charge in [0.15, 0.2) is 0 Å². The van der Waals surface area contributed by atoms with Crippen LogP contribution in [0.1, 0.15) is 58.9 Å². The molecule has 0 radical (unpaired) electrons. The molecule has 0 spiro atoms. The van der Waals surface area contributed by atoms with Gasteiger partial charge in [0, 0.05) is 1.43 Å². The maximum absolute atomic E-state index is 12.3. The summed E-state index contributed by atoms with van der Waals surface area (Å²) in [5.74, 6) is 0.631. The summed E-state index contributed by atoms with van der Waals surface area (Å²) in [6.07, 6.45) is 7.96. The fourth-order valence-electron chi connectivity index (χ4n) is 6.18. The molecule has 0 heterocycles. The van der Waals surface area contributed by atoms with Crippen LogP contribution in [0, 0.1) is 16.7 Å². The molecule has 114 valence electrons. The second kappa shape index (κ2) is 4.12. The zero-order valence-corrected chi connectivity index (χ0v) is 12.9. The molecule has 1 amide bonds. The Hall–Kier alpha value is -1.31. The normalized spacial score (nSPS) is 44.5. The van der Waals surface area contributed by atoms with Crippen molar-refractivity contribution in [2.24, 2.45) is 22.5 Å². The van der Waals surface area contributed by atoms with E-state index in [2.05, 4.69) is 37.3 Å². The lowest BCUT2D eigenvalue weighted by Crippen LogP contribution is -2.51. The first-order chi connectivity index (χ1) is 9.96. The standard InChI is InChI=1S/C19H25NO.H2/c1-17-7-8-18(16(20)21)10-14(9-17)11-19(12-17,13-18)15-5-3-2-4-6-15;/h2-6,14H,7-13H2,1H3,(H2,20,21);1H/t14?,17-,18?,19-;/m1./s1. The second-order valence-corrected chi connectivity index (χ2v) is 8.43. The molecule has 4 aliphatic rings. The Kier molecular flexibility index (Phi) is 2.62. The van der Waals surface area contributed by atoms with Crippen LogP contribution in [0.15, 0.2) is 30.3 Å². The van der Waals surface area contributed by atoms with Crippen molar-refractivity contribution < 1.29 is 6.22 Å². The molecule has 4 fully saturated rings. The molecular formula is C19H27NO. The highest BCUT2D eigenvalue weighted by molar-refractivity contribution is 5.81. The number of nitrogens with two attached hydrogens (primary N) is 1. The smallest absolute Gasteiger partial charge is 0.223 e. The highest BCUT2D eigenvalue weighted by Crippen LogP contribution is 2.66. The number of benzene rings is 1. The largest absolute Gasteiger partial charge is 0.369 e. The van der Waals surface area contributed by atoms with Crippen molar-refractivity contribution in [1.29, 1.82) is 0 Å². The number of carbonyl (C=O) groups is 1. The van der Waals surface area contributed by atoms with E-state index in [1.165, 1.54) is 31.2 Å². The van der Waals surface area contributed by atoms with E-state index in [1.807, 2.05) is 0 Å². The highest BCUT2D eigenvalue weighted by atomic mass is 16.1. The van der Waals surface area contributed by atoms with Crippen molar-refractivity contribution in [3.63, 3.8) is 0 Å². The molecule has 2 heteroatoms. The van der Waals surface area contributed by atoms with Gasteiger partial charge in [0.2, 0.25) is 5.91 Å². The Bertz CT molecular complexity index is 588. The second-order valence-electron chi connectivity index (χ2n) is 8.43. The third kappa shape index (κ3) is 1.88. The van der Waals surface area contributed by atoms with Gasteiger partial charge < -0.3 is 5.73 Å². The van der Waals surface area contributed by atoms with Gasteiger partial charge in [-0.05, 0) is 67.3 Å². The monoisotopic (exact) mass is 285 g/mol. The van der Waals surface area contributed by atoms with Crippen LogP contribution in [0.2, 0.25) is 0 Å². The van der Waals surface area contributed by atoms with Crippen molar-refractivity contribution in [3.05, 3.63) is 35.9 Å². The number of hydrogen-bond donors (Lipinski definition) is 1. The van der Waals surface area contributed by atoms with Crippen LogP contribution >= 0.6 is 0 Å². The van der Waals surface area contributed by atoms with E-state index in [9.17, 15) is 4.79 Å². The van der Waals surface area contributed by atoms with Gasteiger partial charge in [-0.2, -0.15) is 0 Å². The first-order valence-corrected chi connectivity index (χ1v) is 8.31. The Labute approximate surface area is 128 Å². The summed E-state index contributed by atoms with van der Waals surface area (Å²) >= 11 is 0. The number of primary amides is 1. The van der Waals surface area contributed by atoms with E-state index in [0.717, 1.165) is 19.3 Å². The maximum atomic E-state index is 12.3. The lowest BCUT2D eigenvalue weighted by Gasteiger charge is -2.54. The summed E-state index contributed by atoms with van der Waals surface area (Å²) in [5.41, 5.74) is 7.67. The fraction of sp³-hybridized carbons (Fsp3) is 0.632. The van der Waals surface area contributed by atoms with Gasteiger partial charge in [0.05, 0.1) is 5.41 Å². The first kappa shape index (κ1) is 13.4. The van der Waals surface area contributed by atoms with Gasteiger partial charge >= 0.3 is 0 Å². The van der Waals surface area contributed by atoms with Gasteiger partial charge in [-0.1, -0.05) is 37.3 Å².